The third-order valence-corrected chi connectivity index (χ3v) is 7.39. The van der Waals surface area contributed by atoms with Crippen LogP contribution >= 0.6 is 0 Å². The van der Waals surface area contributed by atoms with Crippen LogP contribution in [0.2, 0.25) is 0 Å². The van der Waals surface area contributed by atoms with E-state index in [1.165, 1.54) is 0 Å². The van der Waals surface area contributed by atoms with Crippen molar-refractivity contribution in [3.8, 4) is 0 Å². The highest BCUT2D eigenvalue weighted by Crippen LogP contribution is 1.99. The molecule has 0 spiro atoms. The van der Waals surface area contributed by atoms with E-state index in [1.54, 1.807) is 0 Å². The van der Waals surface area contributed by atoms with Crippen LogP contribution in [0.3, 0.4) is 0 Å². The second-order valence-corrected chi connectivity index (χ2v) is 14.2. The molecule has 0 fully saturated rings. The molecule has 63 heavy (non-hydrogen) atoms. The molecule has 0 aliphatic heterocycles. The molecule has 0 aromatic carbocycles. The lowest BCUT2D eigenvalue weighted by Crippen LogP contribution is -2.38. The maximum atomic E-state index is 10.1. The zero-order chi connectivity index (χ0) is 47.7. The normalized spacial score (nSPS) is 17.7. The maximum Gasteiger partial charge on any atom is 0.101 e. The number of rotatable bonds is 46. The van der Waals surface area contributed by atoms with E-state index in [2.05, 4.69) is 5.32 Å². The van der Waals surface area contributed by atoms with E-state index in [1.807, 2.05) is 13.8 Å². The highest BCUT2D eigenvalue weighted by atomic mass is 16.6. The van der Waals surface area contributed by atoms with Gasteiger partial charge in [0, 0.05) is 13.1 Å². The monoisotopic (exact) mass is 936 g/mol. The van der Waals surface area contributed by atoms with Gasteiger partial charge in [-0.2, -0.15) is 0 Å². The summed E-state index contributed by atoms with van der Waals surface area (Å²) < 4.78 is 51.8. The van der Waals surface area contributed by atoms with Crippen molar-refractivity contribution in [1.29, 1.82) is 0 Å². The van der Waals surface area contributed by atoms with Crippen LogP contribution in [-0.2, 0) is 47.4 Å². The average molecular weight is 936 g/mol. The Morgan fingerprint density at radius 3 is 0.508 bits per heavy atom. The summed E-state index contributed by atoms with van der Waals surface area (Å²) in [5.74, 6) is 0. The molecule has 0 bridgehead atoms. The van der Waals surface area contributed by atoms with Crippen LogP contribution in [0.25, 0.3) is 0 Å². The fraction of sp³-hybridized carbons (Fsp3) is 1.00. The SMILES string of the molecule is CC.OCC(O)COCC(O)COCC(O)COCC(O)COCC(O)COCC(O)CNCC(O)COCC(O)COCC(O)COCC(O)COCC(O)COCC(O)CO. The smallest absolute Gasteiger partial charge is 0.101 e. The van der Waals surface area contributed by atoms with Gasteiger partial charge in [0.25, 0.3) is 0 Å². The molecule has 0 amide bonds. The Labute approximate surface area is 369 Å². The fourth-order valence-electron chi connectivity index (χ4n) is 4.43. The van der Waals surface area contributed by atoms with Gasteiger partial charge in [0.1, 0.15) is 61.0 Å². The summed E-state index contributed by atoms with van der Waals surface area (Å²) >= 11 is 0. The molecule has 0 saturated heterocycles. The molecule has 0 radical (unpaired) electrons. The van der Waals surface area contributed by atoms with Crippen LogP contribution in [0, 0.1) is 0 Å². The van der Waals surface area contributed by atoms with Crippen LogP contribution in [0.5, 0.6) is 0 Å². The number of hydrogen-bond donors (Lipinski definition) is 15. The summed E-state index contributed by atoms with van der Waals surface area (Å²) in [5.41, 5.74) is 0. The quantitative estimate of drug-likeness (QED) is 0.0269. The molecule has 0 aromatic heterocycles. The van der Waals surface area contributed by atoms with Gasteiger partial charge in [0.05, 0.1) is 158 Å². The zero-order valence-corrected chi connectivity index (χ0v) is 36.7. The molecular formula is C38H81NO24. The minimum atomic E-state index is -1.05. The van der Waals surface area contributed by atoms with Gasteiger partial charge in [0.2, 0.25) is 0 Å². The molecule has 0 heterocycles. The predicted octanol–water partition coefficient (Wildman–Crippen LogP) is -7.92. The van der Waals surface area contributed by atoms with Crippen molar-refractivity contribution in [3.63, 3.8) is 0 Å². The van der Waals surface area contributed by atoms with Crippen molar-refractivity contribution >= 4 is 0 Å². The fourth-order valence-corrected chi connectivity index (χ4v) is 4.43. The Kier molecular flexibility index (Phi) is 45.6. The standard InChI is InChI=1S/C36H75NO24.C2H6/c38-3-27(42)7-54-11-31(46)15-58-19-35(50)23-60-21-33(48)17-56-13-29(44)9-52-5-25(40)1-37-2-26(41)6-53-10-30(45)14-57-18-34(49)22-61-24-36(51)20-59-16-32(47)12-55-8-28(43)4-39;1-2/h25-51H,1-24H2;1-2H3. The molecule has 0 saturated carbocycles. The number of nitrogens with one attached hydrogen (secondary N) is 1. The van der Waals surface area contributed by atoms with E-state index in [0.29, 0.717) is 0 Å². The lowest BCUT2D eigenvalue weighted by atomic mass is 10.3. The van der Waals surface area contributed by atoms with Crippen LogP contribution in [0.1, 0.15) is 13.8 Å². The Hall–Kier alpha value is -1.00. The van der Waals surface area contributed by atoms with E-state index in [0.717, 1.165) is 0 Å². The molecule has 0 aliphatic rings. The second-order valence-electron chi connectivity index (χ2n) is 14.2. The maximum absolute atomic E-state index is 10.1. The van der Waals surface area contributed by atoms with Gasteiger partial charge in [-0.05, 0) is 0 Å². The van der Waals surface area contributed by atoms with Crippen LogP contribution < -0.4 is 5.32 Å². The van der Waals surface area contributed by atoms with Gasteiger partial charge < -0.3 is 124 Å². The summed E-state index contributed by atoms with van der Waals surface area (Å²) in [6, 6.07) is 0. The summed E-state index contributed by atoms with van der Waals surface area (Å²) in [5, 5.41) is 138. The van der Waals surface area contributed by atoms with Gasteiger partial charge in [-0.3, -0.25) is 0 Å². The van der Waals surface area contributed by atoms with Crippen molar-refractivity contribution in [2.45, 2.75) is 87.1 Å². The van der Waals surface area contributed by atoms with Crippen molar-refractivity contribution < 1.29 is 119 Å². The highest BCUT2D eigenvalue weighted by molar-refractivity contribution is 4.66. The third-order valence-electron chi connectivity index (χ3n) is 7.39. The van der Waals surface area contributed by atoms with Gasteiger partial charge in [0.15, 0.2) is 0 Å². The van der Waals surface area contributed by atoms with Crippen LogP contribution in [0.4, 0.5) is 0 Å². The molecule has 25 nitrogen and oxygen atoms in total. The van der Waals surface area contributed by atoms with E-state index in [-0.39, 0.29) is 145 Å². The van der Waals surface area contributed by atoms with E-state index in [9.17, 15) is 51.1 Å². The van der Waals surface area contributed by atoms with Gasteiger partial charge in [-0.15, -0.1) is 0 Å². The summed E-state index contributed by atoms with van der Waals surface area (Å²) in [6.45, 7) is 0.141. The van der Waals surface area contributed by atoms with Crippen LogP contribution in [-0.4, -0.2) is 303 Å². The van der Waals surface area contributed by atoms with Crippen molar-refractivity contribution in [1.82, 2.24) is 5.32 Å². The first-order valence-electron chi connectivity index (χ1n) is 21.0. The Bertz CT molecular complexity index is 870. The number of aliphatic hydroxyl groups is 14. The van der Waals surface area contributed by atoms with Crippen LogP contribution in [0.15, 0.2) is 0 Å². The highest BCUT2D eigenvalue weighted by Gasteiger charge is 2.16. The third kappa shape index (κ3) is 44.6. The summed E-state index contributed by atoms with van der Waals surface area (Å²) in [6.07, 6.45) is -12.3. The molecule has 0 aromatic rings. The Morgan fingerprint density at radius 1 is 0.238 bits per heavy atom. The summed E-state index contributed by atoms with van der Waals surface area (Å²) in [4.78, 5) is 0. The van der Waals surface area contributed by atoms with Crippen molar-refractivity contribution in [2.75, 3.05) is 158 Å². The number of hydrogen-bond acceptors (Lipinski definition) is 25. The Morgan fingerprint density at radius 2 is 0.365 bits per heavy atom. The molecular weight excluding hydrogens is 854 g/mol. The number of aliphatic hydroxyl groups excluding tert-OH is 14. The van der Waals surface area contributed by atoms with Gasteiger partial charge in [-0.25, -0.2) is 0 Å². The van der Waals surface area contributed by atoms with E-state index < -0.39 is 86.5 Å². The lowest BCUT2D eigenvalue weighted by molar-refractivity contribution is -0.0834. The number of ether oxygens (including phenoxy) is 10. The minimum Gasteiger partial charge on any atom is -0.394 e. The second kappa shape index (κ2) is 44.8. The molecule has 382 valence electrons. The molecule has 0 rings (SSSR count). The van der Waals surface area contributed by atoms with Crippen molar-refractivity contribution in [2.24, 2.45) is 0 Å². The first kappa shape index (κ1) is 64.1. The average Bonchev–Trinajstić information content (AvgIpc) is 3.24. The molecule has 15 N–H and O–H groups in total. The predicted molar refractivity (Wildman–Crippen MR) is 219 cm³/mol. The molecule has 0 aliphatic carbocycles. The first-order chi connectivity index (χ1) is 30.1. The summed E-state index contributed by atoms with van der Waals surface area (Å²) in [7, 11) is 0. The van der Waals surface area contributed by atoms with Gasteiger partial charge >= 0.3 is 0 Å². The lowest BCUT2D eigenvalue weighted by Gasteiger charge is -2.18. The Balaban J connectivity index is 0. The van der Waals surface area contributed by atoms with E-state index >= 15 is 0 Å². The van der Waals surface area contributed by atoms with Crippen molar-refractivity contribution in [3.05, 3.63) is 0 Å². The topological polar surface area (TPSA) is 388 Å². The first-order valence-corrected chi connectivity index (χ1v) is 21.0. The largest absolute Gasteiger partial charge is 0.394 e. The molecule has 12 unspecified atom stereocenters. The molecule has 25 heteroatoms. The molecule has 12 atom stereocenters. The van der Waals surface area contributed by atoms with E-state index in [4.69, 9.17) is 67.8 Å². The minimum absolute atomic E-state index is 0.0566. The van der Waals surface area contributed by atoms with Gasteiger partial charge in [-0.1, -0.05) is 13.8 Å². The zero-order valence-electron chi connectivity index (χ0n) is 36.7.